The Balaban J connectivity index is 1.29. The largest absolute Gasteiger partial charge is 0.490 e. The Kier molecular flexibility index (Phi) is 5.80. The van der Waals surface area contributed by atoms with Gasteiger partial charge >= 0.3 is 6.03 Å². The van der Waals surface area contributed by atoms with E-state index in [2.05, 4.69) is 10.6 Å². The predicted octanol–water partition coefficient (Wildman–Crippen LogP) is 3.65. The molecule has 1 saturated heterocycles. The van der Waals surface area contributed by atoms with E-state index in [9.17, 15) is 14.4 Å². The van der Waals surface area contributed by atoms with Crippen molar-refractivity contribution >= 4 is 28.6 Å². The van der Waals surface area contributed by atoms with E-state index in [1.807, 2.05) is 49.4 Å². The van der Waals surface area contributed by atoms with Crippen LogP contribution in [0.1, 0.15) is 37.4 Å². The normalized spacial score (nSPS) is 20.3. The Morgan fingerprint density at radius 3 is 2.57 bits per heavy atom. The number of hydrogen-bond acceptors (Lipinski definition) is 5. The molecule has 0 radical (unpaired) electrons. The van der Waals surface area contributed by atoms with Gasteiger partial charge in [-0.3, -0.25) is 14.5 Å². The predicted molar refractivity (Wildman–Crippen MR) is 130 cm³/mol. The van der Waals surface area contributed by atoms with Crippen molar-refractivity contribution in [2.24, 2.45) is 0 Å². The molecule has 5 rings (SSSR count). The second-order valence-electron chi connectivity index (χ2n) is 9.05. The molecule has 2 aliphatic rings. The average Bonchev–Trinajstić information content (AvgIpc) is 3.01. The van der Waals surface area contributed by atoms with Crippen LogP contribution in [0.3, 0.4) is 0 Å². The highest BCUT2D eigenvalue weighted by Gasteiger charge is 2.49. The van der Waals surface area contributed by atoms with E-state index in [0.29, 0.717) is 30.3 Å². The second-order valence-corrected chi connectivity index (χ2v) is 9.05. The smallest absolute Gasteiger partial charge is 0.325 e. The summed E-state index contributed by atoms with van der Waals surface area (Å²) in [5, 5.41) is 7.82. The summed E-state index contributed by atoms with van der Waals surface area (Å²) in [6.07, 6.45) is 0.761. The number of carbonyl (C=O) groups is 3. The van der Waals surface area contributed by atoms with Crippen molar-refractivity contribution in [3.63, 3.8) is 0 Å². The van der Waals surface area contributed by atoms with Crippen LogP contribution < -0.4 is 20.1 Å². The molecule has 0 unspecified atom stereocenters. The molecule has 0 saturated carbocycles. The summed E-state index contributed by atoms with van der Waals surface area (Å²) in [4.78, 5) is 39.8. The molecule has 3 aromatic carbocycles. The molecule has 2 aliphatic heterocycles. The summed E-state index contributed by atoms with van der Waals surface area (Å²) in [5.74, 6) is 0.219. The van der Waals surface area contributed by atoms with Gasteiger partial charge in [0.2, 0.25) is 5.91 Å². The Morgan fingerprint density at radius 1 is 1.03 bits per heavy atom. The van der Waals surface area contributed by atoms with E-state index in [-0.39, 0.29) is 12.6 Å². The number of benzene rings is 3. The summed E-state index contributed by atoms with van der Waals surface area (Å²) in [7, 11) is 0. The van der Waals surface area contributed by atoms with Crippen molar-refractivity contribution in [2.75, 3.05) is 19.8 Å². The quantitative estimate of drug-likeness (QED) is 0.552. The molecular formula is C27H27N3O5. The number of carbonyl (C=O) groups excluding carboxylic acids is 3. The van der Waals surface area contributed by atoms with Gasteiger partial charge in [-0.05, 0) is 53.9 Å². The number of amides is 4. The third kappa shape index (κ3) is 4.27. The number of fused-ring (bicyclic) bond motifs is 2. The lowest BCUT2D eigenvalue weighted by Crippen LogP contribution is -2.43. The molecular weight excluding hydrogens is 446 g/mol. The molecule has 0 aliphatic carbocycles. The molecule has 8 heteroatoms. The summed E-state index contributed by atoms with van der Waals surface area (Å²) in [5.41, 5.74) is 0.185. The zero-order chi connectivity index (χ0) is 24.6. The minimum Gasteiger partial charge on any atom is -0.490 e. The van der Waals surface area contributed by atoms with Gasteiger partial charge in [0, 0.05) is 6.42 Å². The highest BCUT2D eigenvalue weighted by atomic mass is 16.5. The fraction of sp³-hybridized carbons (Fsp3) is 0.296. The summed E-state index contributed by atoms with van der Waals surface area (Å²) in [6, 6.07) is 18.3. The van der Waals surface area contributed by atoms with Gasteiger partial charge in [-0.15, -0.1) is 0 Å². The van der Waals surface area contributed by atoms with Gasteiger partial charge in [-0.25, -0.2) is 4.79 Å². The first-order chi connectivity index (χ1) is 16.8. The maximum absolute atomic E-state index is 13.3. The first-order valence-electron chi connectivity index (χ1n) is 11.7. The first kappa shape index (κ1) is 22.7. The lowest BCUT2D eigenvalue weighted by atomic mass is 9.91. The minimum absolute atomic E-state index is 0.291. The van der Waals surface area contributed by atoms with Crippen molar-refractivity contribution in [2.45, 2.75) is 31.8 Å². The fourth-order valence-corrected chi connectivity index (χ4v) is 4.50. The second kappa shape index (κ2) is 8.94. The van der Waals surface area contributed by atoms with Gasteiger partial charge < -0.3 is 20.1 Å². The van der Waals surface area contributed by atoms with Gasteiger partial charge in [0.15, 0.2) is 11.5 Å². The van der Waals surface area contributed by atoms with Crippen LogP contribution in [0.2, 0.25) is 0 Å². The number of hydrogen-bond donors (Lipinski definition) is 2. The molecule has 4 amide bonds. The van der Waals surface area contributed by atoms with Crippen molar-refractivity contribution in [3.05, 3.63) is 71.8 Å². The van der Waals surface area contributed by atoms with E-state index >= 15 is 0 Å². The van der Waals surface area contributed by atoms with Crippen LogP contribution in [-0.4, -0.2) is 42.5 Å². The van der Waals surface area contributed by atoms with E-state index in [1.165, 1.54) is 0 Å². The van der Waals surface area contributed by atoms with Crippen LogP contribution in [0.25, 0.3) is 10.8 Å². The SMILES string of the molecule is C[C@@H](NC(=O)CN1C(=O)N[C@@](C)(c2ccc3c(c2)OCCCO3)C1=O)c1ccc2ccccc2c1. The standard InChI is InChI=1S/C27H27N3O5/c1-17(19-9-8-18-6-3-4-7-20(18)14-19)28-24(31)16-30-25(32)27(2,29-26(30)33)21-10-11-22-23(15-21)35-13-5-12-34-22/h3-4,6-11,14-15,17H,5,12-13,16H2,1-2H3,(H,28,31)(H,29,33)/t17-,27+/m1/s1. The maximum atomic E-state index is 13.3. The van der Waals surface area contributed by atoms with Crippen LogP contribution in [0, 0.1) is 0 Å². The van der Waals surface area contributed by atoms with Gasteiger partial charge in [0.05, 0.1) is 19.3 Å². The molecule has 8 nitrogen and oxygen atoms in total. The lowest BCUT2D eigenvalue weighted by molar-refractivity contribution is -0.135. The number of rotatable bonds is 5. The first-order valence-corrected chi connectivity index (χ1v) is 11.7. The summed E-state index contributed by atoms with van der Waals surface area (Å²) in [6.45, 7) is 4.19. The zero-order valence-electron chi connectivity index (χ0n) is 19.7. The van der Waals surface area contributed by atoms with Crippen molar-refractivity contribution in [1.29, 1.82) is 0 Å². The molecule has 0 aromatic heterocycles. The Morgan fingerprint density at radius 2 is 1.77 bits per heavy atom. The number of nitrogens with zero attached hydrogens (tertiary/aromatic N) is 1. The van der Waals surface area contributed by atoms with Gasteiger partial charge in [0.25, 0.3) is 5.91 Å². The summed E-state index contributed by atoms with van der Waals surface area (Å²) >= 11 is 0. The lowest BCUT2D eigenvalue weighted by Gasteiger charge is -2.23. The molecule has 35 heavy (non-hydrogen) atoms. The van der Waals surface area contributed by atoms with Crippen molar-refractivity contribution < 1.29 is 23.9 Å². The fourth-order valence-electron chi connectivity index (χ4n) is 4.50. The van der Waals surface area contributed by atoms with Gasteiger partial charge in [-0.2, -0.15) is 0 Å². The molecule has 0 spiro atoms. The van der Waals surface area contributed by atoms with Crippen molar-refractivity contribution in [3.8, 4) is 11.5 Å². The molecule has 1 fully saturated rings. The molecule has 180 valence electrons. The molecule has 0 bridgehead atoms. The van der Waals surface area contributed by atoms with Crippen LogP contribution in [0.4, 0.5) is 4.79 Å². The molecule has 3 aromatic rings. The van der Waals surface area contributed by atoms with E-state index < -0.39 is 23.4 Å². The van der Waals surface area contributed by atoms with E-state index in [0.717, 1.165) is 27.7 Å². The van der Waals surface area contributed by atoms with E-state index in [4.69, 9.17) is 9.47 Å². The molecule has 2 atom stereocenters. The third-order valence-corrected chi connectivity index (χ3v) is 6.55. The Hall–Kier alpha value is -4.07. The van der Waals surface area contributed by atoms with Crippen LogP contribution in [-0.2, 0) is 15.1 Å². The van der Waals surface area contributed by atoms with Gasteiger partial charge in [-0.1, -0.05) is 42.5 Å². The van der Waals surface area contributed by atoms with Gasteiger partial charge in [0.1, 0.15) is 12.1 Å². The topological polar surface area (TPSA) is 97.0 Å². The monoisotopic (exact) mass is 473 g/mol. The molecule has 2 heterocycles. The Labute approximate surface area is 203 Å². The average molecular weight is 474 g/mol. The summed E-state index contributed by atoms with van der Waals surface area (Å²) < 4.78 is 11.4. The number of ether oxygens (including phenoxy) is 2. The zero-order valence-corrected chi connectivity index (χ0v) is 19.7. The minimum atomic E-state index is -1.31. The third-order valence-electron chi connectivity index (χ3n) is 6.55. The highest BCUT2D eigenvalue weighted by Crippen LogP contribution is 2.36. The highest BCUT2D eigenvalue weighted by molar-refractivity contribution is 6.09. The molecule has 2 N–H and O–H groups in total. The van der Waals surface area contributed by atoms with Crippen LogP contribution in [0.5, 0.6) is 11.5 Å². The number of nitrogens with one attached hydrogen (secondary N) is 2. The maximum Gasteiger partial charge on any atom is 0.325 e. The Bertz CT molecular complexity index is 1320. The van der Waals surface area contributed by atoms with Crippen LogP contribution >= 0.6 is 0 Å². The number of urea groups is 1. The van der Waals surface area contributed by atoms with Crippen molar-refractivity contribution in [1.82, 2.24) is 15.5 Å². The van der Waals surface area contributed by atoms with E-state index in [1.54, 1.807) is 25.1 Å². The number of imide groups is 1. The van der Waals surface area contributed by atoms with Crippen LogP contribution in [0.15, 0.2) is 60.7 Å².